The standard InChI is InChI=1S/C20H26O3S/c1-3-10-23-20(22)13(2)14-8-9-17-18(11-14)24-12-15-6-4-5-7-16(15)19(17)21/h8-9,11,13,15-16H,3-7,10,12H2,1-2H3/t13?,15-,16+/m1/s1. The van der Waals surface area contributed by atoms with Crippen LogP contribution in [0.25, 0.3) is 0 Å². The Labute approximate surface area is 148 Å². The van der Waals surface area contributed by atoms with Crippen molar-refractivity contribution in [3.8, 4) is 0 Å². The number of fused-ring (bicyclic) bond motifs is 2. The minimum Gasteiger partial charge on any atom is -0.465 e. The molecule has 1 aliphatic carbocycles. The van der Waals surface area contributed by atoms with Crippen LogP contribution in [-0.2, 0) is 9.53 Å². The maximum Gasteiger partial charge on any atom is 0.313 e. The highest BCUT2D eigenvalue weighted by Crippen LogP contribution is 2.42. The van der Waals surface area contributed by atoms with E-state index in [0.717, 1.165) is 34.6 Å². The molecule has 0 aromatic heterocycles. The quantitative estimate of drug-likeness (QED) is 0.732. The summed E-state index contributed by atoms with van der Waals surface area (Å²) in [7, 11) is 0. The van der Waals surface area contributed by atoms with Crippen molar-refractivity contribution in [2.75, 3.05) is 12.4 Å². The lowest BCUT2D eigenvalue weighted by Crippen LogP contribution is -2.27. The molecule has 130 valence electrons. The van der Waals surface area contributed by atoms with E-state index in [4.69, 9.17) is 4.74 Å². The van der Waals surface area contributed by atoms with Crippen LogP contribution in [0.2, 0.25) is 0 Å². The predicted octanol–water partition coefficient (Wildman–Crippen LogP) is 4.84. The van der Waals surface area contributed by atoms with Crippen molar-refractivity contribution < 1.29 is 14.3 Å². The van der Waals surface area contributed by atoms with Crippen LogP contribution in [0, 0.1) is 11.8 Å². The van der Waals surface area contributed by atoms with Gasteiger partial charge in [0.1, 0.15) is 0 Å². The van der Waals surface area contributed by atoms with Gasteiger partial charge in [0.25, 0.3) is 0 Å². The van der Waals surface area contributed by atoms with Gasteiger partial charge in [0.15, 0.2) is 5.78 Å². The van der Waals surface area contributed by atoms with Crippen molar-refractivity contribution in [2.45, 2.75) is 56.8 Å². The molecule has 0 saturated heterocycles. The Balaban J connectivity index is 1.82. The first-order valence-corrected chi connectivity index (χ1v) is 10.1. The Morgan fingerprint density at radius 3 is 2.92 bits per heavy atom. The lowest BCUT2D eigenvalue weighted by atomic mass is 9.76. The largest absolute Gasteiger partial charge is 0.465 e. The topological polar surface area (TPSA) is 43.4 Å². The summed E-state index contributed by atoms with van der Waals surface area (Å²) in [5, 5.41) is 0. The summed E-state index contributed by atoms with van der Waals surface area (Å²) in [6.45, 7) is 4.33. The first kappa shape index (κ1) is 17.5. The third-order valence-corrected chi connectivity index (χ3v) is 6.52. The maximum atomic E-state index is 12.9. The van der Waals surface area contributed by atoms with Gasteiger partial charge in [0.05, 0.1) is 12.5 Å². The van der Waals surface area contributed by atoms with Crippen molar-refractivity contribution in [3.63, 3.8) is 0 Å². The Hall–Kier alpha value is -1.29. The van der Waals surface area contributed by atoms with E-state index < -0.39 is 0 Å². The summed E-state index contributed by atoms with van der Waals surface area (Å²) >= 11 is 1.79. The van der Waals surface area contributed by atoms with Gasteiger partial charge in [-0.2, -0.15) is 0 Å². The summed E-state index contributed by atoms with van der Waals surface area (Å²) < 4.78 is 5.26. The van der Waals surface area contributed by atoms with Gasteiger partial charge in [-0.05, 0) is 49.8 Å². The molecule has 1 heterocycles. The minimum absolute atomic E-state index is 0.185. The highest BCUT2D eigenvalue weighted by Gasteiger charge is 2.35. The van der Waals surface area contributed by atoms with Crippen molar-refractivity contribution in [2.24, 2.45) is 11.8 Å². The van der Waals surface area contributed by atoms with Crippen LogP contribution in [-0.4, -0.2) is 24.1 Å². The zero-order valence-electron chi connectivity index (χ0n) is 14.5. The summed E-state index contributed by atoms with van der Waals surface area (Å²) in [5.41, 5.74) is 1.80. The average Bonchev–Trinajstić information content (AvgIpc) is 2.76. The van der Waals surface area contributed by atoms with Gasteiger partial charge in [-0.25, -0.2) is 0 Å². The van der Waals surface area contributed by atoms with Crippen LogP contribution in [0.3, 0.4) is 0 Å². The van der Waals surface area contributed by atoms with Crippen LogP contribution in [0.1, 0.15) is 67.8 Å². The summed E-state index contributed by atoms with van der Waals surface area (Å²) in [6, 6.07) is 5.89. The molecule has 1 aromatic carbocycles. The van der Waals surface area contributed by atoms with E-state index >= 15 is 0 Å². The number of ketones is 1. The van der Waals surface area contributed by atoms with Crippen molar-refractivity contribution >= 4 is 23.5 Å². The molecule has 3 atom stereocenters. The second kappa shape index (κ2) is 7.73. The molecule has 0 spiro atoms. The van der Waals surface area contributed by atoms with E-state index in [9.17, 15) is 9.59 Å². The second-order valence-corrected chi connectivity index (χ2v) is 8.03. The fourth-order valence-electron chi connectivity index (χ4n) is 3.74. The molecule has 1 aromatic rings. The highest BCUT2D eigenvalue weighted by molar-refractivity contribution is 7.99. The van der Waals surface area contributed by atoms with Crippen molar-refractivity contribution in [3.05, 3.63) is 29.3 Å². The monoisotopic (exact) mass is 346 g/mol. The number of ether oxygens (including phenoxy) is 1. The number of esters is 1. The zero-order valence-corrected chi connectivity index (χ0v) is 15.4. The van der Waals surface area contributed by atoms with E-state index in [2.05, 4.69) is 0 Å². The maximum absolute atomic E-state index is 12.9. The van der Waals surface area contributed by atoms with Crippen molar-refractivity contribution in [1.29, 1.82) is 0 Å². The molecule has 0 N–H and O–H groups in total. The number of carbonyl (C=O) groups is 2. The van der Waals surface area contributed by atoms with Gasteiger partial charge in [0.2, 0.25) is 0 Å². The number of rotatable bonds is 4. The third-order valence-electron chi connectivity index (χ3n) is 5.27. The second-order valence-electron chi connectivity index (χ2n) is 6.97. The van der Waals surface area contributed by atoms with Crippen LogP contribution >= 0.6 is 11.8 Å². The fourth-order valence-corrected chi connectivity index (χ4v) is 5.08. The first-order chi connectivity index (χ1) is 11.6. The molecule has 3 rings (SSSR count). The Kier molecular flexibility index (Phi) is 5.65. The zero-order chi connectivity index (χ0) is 17.1. The molecule has 1 unspecified atom stereocenters. The van der Waals surface area contributed by atoms with E-state index in [1.165, 1.54) is 19.3 Å². The van der Waals surface area contributed by atoms with Gasteiger partial charge < -0.3 is 4.74 Å². The molecular weight excluding hydrogens is 320 g/mol. The van der Waals surface area contributed by atoms with Crippen LogP contribution < -0.4 is 0 Å². The molecule has 1 saturated carbocycles. The minimum atomic E-state index is -0.289. The summed E-state index contributed by atoms with van der Waals surface area (Å²) in [4.78, 5) is 26.1. The SMILES string of the molecule is CCCOC(=O)C(C)c1ccc2c(c1)SC[C@H]1CCCC[C@@H]1C2=O. The third kappa shape index (κ3) is 3.53. The molecule has 3 nitrogen and oxygen atoms in total. The fraction of sp³-hybridized carbons (Fsp3) is 0.600. The lowest BCUT2D eigenvalue weighted by molar-refractivity contribution is -0.145. The van der Waals surface area contributed by atoms with E-state index in [0.29, 0.717) is 18.3 Å². The number of thioether (sulfide) groups is 1. The number of Topliss-reactive ketones (excluding diaryl/α,β-unsaturated/α-hetero) is 1. The molecule has 4 heteroatoms. The van der Waals surface area contributed by atoms with Gasteiger partial charge in [-0.1, -0.05) is 25.8 Å². The molecule has 2 aliphatic rings. The van der Waals surface area contributed by atoms with Crippen LogP contribution in [0.15, 0.2) is 23.1 Å². The number of hydrogen-bond acceptors (Lipinski definition) is 4. The van der Waals surface area contributed by atoms with Crippen LogP contribution in [0.4, 0.5) is 0 Å². The first-order valence-electron chi connectivity index (χ1n) is 9.09. The molecular formula is C20H26O3S. The molecule has 1 aliphatic heterocycles. The van der Waals surface area contributed by atoms with E-state index in [1.54, 1.807) is 11.8 Å². The Morgan fingerprint density at radius 1 is 1.33 bits per heavy atom. The molecule has 0 bridgehead atoms. The smallest absolute Gasteiger partial charge is 0.313 e. The molecule has 24 heavy (non-hydrogen) atoms. The molecule has 1 fully saturated rings. The Bertz CT molecular complexity index is 625. The number of benzene rings is 1. The Morgan fingerprint density at radius 2 is 2.12 bits per heavy atom. The molecule has 0 radical (unpaired) electrons. The van der Waals surface area contributed by atoms with Crippen molar-refractivity contribution in [1.82, 2.24) is 0 Å². The van der Waals surface area contributed by atoms with Gasteiger partial charge in [-0.15, -0.1) is 11.8 Å². The highest BCUT2D eigenvalue weighted by atomic mass is 32.2. The van der Waals surface area contributed by atoms with Crippen LogP contribution in [0.5, 0.6) is 0 Å². The van der Waals surface area contributed by atoms with Gasteiger partial charge in [0, 0.05) is 22.1 Å². The number of carbonyl (C=O) groups excluding carboxylic acids is 2. The van der Waals surface area contributed by atoms with E-state index in [1.807, 2.05) is 32.0 Å². The van der Waals surface area contributed by atoms with E-state index in [-0.39, 0.29) is 17.8 Å². The summed E-state index contributed by atoms with van der Waals surface area (Å²) in [5.74, 6) is 1.57. The predicted molar refractivity (Wildman–Crippen MR) is 96.6 cm³/mol. The normalized spacial score (nSPS) is 24.5. The summed E-state index contributed by atoms with van der Waals surface area (Å²) in [6.07, 6.45) is 5.45. The number of hydrogen-bond donors (Lipinski definition) is 0. The lowest BCUT2D eigenvalue weighted by Gasteiger charge is -2.28. The van der Waals surface area contributed by atoms with Gasteiger partial charge in [-0.3, -0.25) is 9.59 Å². The average molecular weight is 346 g/mol. The molecule has 0 amide bonds. The van der Waals surface area contributed by atoms with Gasteiger partial charge >= 0.3 is 5.97 Å².